The average Bonchev–Trinajstić information content (AvgIpc) is 3.32. The van der Waals surface area contributed by atoms with E-state index in [1.807, 2.05) is 29.3 Å². The van der Waals surface area contributed by atoms with Gasteiger partial charge in [-0.15, -0.1) is 0 Å². The van der Waals surface area contributed by atoms with E-state index < -0.39 is 0 Å². The van der Waals surface area contributed by atoms with Crippen molar-refractivity contribution in [2.75, 3.05) is 0 Å². The van der Waals surface area contributed by atoms with E-state index in [4.69, 9.17) is 14.3 Å². The third kappa shape index (κ3) is 2.54. The maximum atomic E-state index is 6.25. The molecule has 4 nitrogen and oxygen atoms in total. The van der Waals surface area contributed by atoms with Gasteiger partial charge in [0.25, 0.3) is 0 Å². The predicted octanol–water partition coefficient (Wildman–Crippen LogP) is 5.59. The second-order valence-corrected chi connectivity index (χ2v) is 7.60. The van der Waals surface area contributed by atoms with E-state index in [1.54, 1.807) is 6.26 Å². The minimum Gasteiger partial charge on any atom is -0.463 e. The molecule has 0 saturated heterocycles. The Hall–Kier alpha value is -2.53. The summed E-state index contributed by atoms with van der Waals surface area (Å²) in [5.74, 6) is 1.65. The molecule has 0 saturated carbocycles. The number of hydrogen-bond acceptors (Lipinski definition) is 4. The first-order valence-corrected chi connectivity index (χ1v) is 9.41. The quantitative estimate of drug-likeness (QED) is 0.554. The molecule has 2 aliphatic rings. The minimum atomic E-state index is -0.355. The Bertz CT molecular complexity index is 980. The Morgan fingerprint density at radius 3 is 2.73 bits per heavy atom. The molecule has 0 spiro atoms. The van der Waals surface area contributed by atoms with Gasteiger partial charge in [-0.3, -0.25) is 0 Å². The molecule has 26 heavy (non-hydrogen) atoms. The molecule has 5 heteroatoms. The van der Waals surface area contributed by atoms with Crippen LogP contribution in [0.4, 0.5) is 0 Å². The fourth-order valence-corrected chi connectivity index (χ4v) is 3.98. The van der Waals surface area contributed by atoms with Crippen LogP contribution in [0.3, 0.4) is 0 Å². The predicted molar refractivity (Wildman–Crippen MR) is 103 cm³/mol. The highest BCUT2D eigenvalue weighted by Crippen LogP contribution is 2.48. The van der Waals surface area contributed by atoms with Gasteiger partial charge in [-0.25, -0.2) is 5.01 Å². The van der Waals surface area contributed by atoms with Crippen molar-refractivity contribution in [1.29, 1.82) is 0 Å². The SMILES string of the molecule is Cc1ccc(C2=NN3C(C2)c2cc(Br)ccc2OC3c2ccco2)cc1. The lowest BCUT2D eigenvalue weighted by Crippen LogP contribution is -2.33. The first-order chi connectivity index (χ1) is 12.7. The fraction of sp³-hybridized carbons (Fsp3) is 0.190. The van der Waals surface area contributed by atoms with Gasteiger partial charge in [0, 0.05) is 16.5 Å². The first-order valence-electron chi connectivity index (χ1n) is 8.61. The molecule has 2 unspecified atom stereocenters. The van der Waals surface area contributed by atoms with Crippen LogP contribution in [0.2, 0.25) is 0 Å². The lowest BCUT2D eigenvalue weighted by atomic mass is 9.96. The highest BCUT2D eigenvalue weighted by molar-refractivity contribution is 9.10. The van der Waals surface area contributed by atoms with Crippen LogP contribution in [0.1, 0.15) is 41.1 Å². The summed E-state index contributed by atoms with van der Waals surface area (Å²) in [5.41, 5.74) is 4.62. The van der Waals surface area contributed by atoms with Gasteiger partial charge in [0.15, 0.2) is 5.76 Å². The van der Waals surface area contributed by atoms with E-state index >= 15 is 0 Å². The molecular formula is C21H17BrN2O2. The Morgan fingerprint density at radius 1 is 1.12 bits per heavy atom. The van der Waals surface area contributed by atoms with Gasteiger partial charge >= 0.3 is 0 Å². The molecule has 5 rings (SSSR count). The van der Waals surface area contributed by atoms with Crippen LogP contribution in [-0.4, -0.2) is 10.7 Å². The number of aryl methyl sites for hydroxylation is 1. The topological polar surface area (TPSA) is 38.0 Å². The smallest absolute Gasteiger partial charge is 0.246 e. The second-order valence-electron chi connectivity index (χ2n) is 6.68. The number of fused-ring (bicyclic) bond motifs is 3. The lowest BCUT2D eigenvalue weighted by Gasteiger charge is -2.37. The van der Waals surface area contributed by atoms with Gasteiger partial charge in [-0.05, 0) is 42.8 Å². The highest BCUT2D eigenvalue weighted by Gasteiger charge is 2.42. The number of rotatable bonds is 2. The zero-order valence-corrected chi connectivity index (χ0v) is 15.8. The van der Waals surface area contributed by atoms with Crippen molar-refractivity contribution in [2.45, 2.75) is 25.6 Å². The van der Waals surface area contributed by atoms with Gasteiger partial charge in [0.05, 0.1) is 18.0 Å². The third-order valence-electron chi connectivity index (χ3n) is 4.92. The number of nitrogens with zero attached hydrogens (tertiary/aromatic N) is 2. The summed E-state index contributed by atoms with van der Waals surface area (Å²) >= 11 is 3.58. The van der Waals surface area contributed by atoms with Crippen LogP contribution in [0.15, 0.2) is 74.9 Å². The molecule has 0 radical (unpaired) electrons. The summed E-state index contributed by atoms with van der Waals surface area (Å²) < 4.78 is 12.9. The summed E-state index contributed by atoms with van der Waals surface area (Å²) in [6.45, 7) is 2.10. The van der Waals surface area contributed by atoms with Crippen molar-refractivity contribution in [3.8, 4) is 5.75 Å². The molecular weight excluding hydrogens is 392 g/mol. The Labute approximate surface area is 160 Å². The molecule has 0 N–H and O–H groups in total. The molecule has 2 aromatic carbocycles. The van der Waals surface area contributed by atoms with Crippen LogP contribution in [0.5, 0.6) is 5.75 Å². The van der Waals surface area contributed by atoms with Gasteiger partial charge < -0.3 is 9.15 Å². The molecule has 3 aromatic rings. The molecule has 0 bridgehead atoms. The molecule has 2 atom stereocenters. The van der Waals surface area contributed by atoms with Crippen molar-refractivity contribution in [1.82, 2.24) is 5.01 Å². The number of halogens is 1. The van der Waals surface area contributed by atoms with Gasteiger partial charge in [-0.1, -0.05) is 45.8 Å². The third-order valence-corrected chi connectivity index (χ3v) is 5.42. The number of ether oxygens (including phenoxy) is 1. The summed E-state index contributed by atoms with van der Waals surface area (Å²) in [6.07, 6.45) is 2.16. The molecule has 3 heterocycles. The molecule has 0 amide bonds. The normalized spacial score (nSPS) is 21.0. The highest BCUT2D eigenvalue weighted by atomic mass is 79.9. The van der Waals surface area contributed by atoms with Crippen molar-refractivity contribution in [3.05, 3.63) is 87.8 Å². The van der Waals surface area contributed by atoms with Crippen molar-refractivity contribution in [2.24, 2.45) is 5.10 Å². The van der Waals surface area contributed by atoms with Gasteiger partial charge in [0.1, 0.15) is 5.75 Å². The average molecular weight is 409 g/mol. The fourth-order valence-electron chi connectivity index (χ4n) is 3.60. The summed E-state index contributed by atoms with van der Waals surface area (Å²) in [4.78, 5) is 0. The number of hydrazone groups is 1. The Morgan fingerprint density at radius 2 is 1.96 bits per heavy atom. The van der Waals surface area contributed by atoms with Crippen molar-refractivity contribution < 1.29 is 9.15 Å². The zero-order chi connectivity index (χ0) is 17.7. The summed E-state index contributed by atoms with van der Waals surface area (Å²) in [7, 11) is 0. The van der Waals surface area contributed by atoms with E-state index in [1.165, 1.54) is 5.56 Å². The first kappa shape index (κ1) is 15.7. The van der Waals surface area contributed by atoms with Crippen LogP contribution in [0.25, 0.3) is 0 Å². The summed E-state index contributed by atoms with van der Waals surface area (Å²) in [6, 6.07) is 18.6. The van der Waals surface area contributed by atoms with Crippen LogP contribution in [0, 0.1) is 6.92 Å². The maximum Gasteiger partial charge on any atom is 0.246 e. The maximum absolute atomic E-state index is 6.25. The van der Waals surface area contributed by atoms with E-state index in [0.29, 0.717) is 0 Å². The molecule has 1 aromatic heterocycles. The molecule has 0 fully saturated rings. The molecule has 0 aliphatic carbocycles. The van der Waals surface area contributed by atoms with Crippen LogP contribution >= 0.6 is 15.9 Å². The monoisotopic (exact) mass is 408 g/mol. The van der Waals surface area contributed by atoms with E-state index in [2.05, 4.69) is 53.2 Å². The largest absolute Gasteiger partial charge is 0.463 e. The molecule has 130 valence electrons. The van der Waals surface area contributed by atoms with Gasteiger partial charge in [-0.2, -0.15) is 5.10 Å². The van der Waals surface area contributed by atoms with Crippen molar-refractivity contribution >= 4 is 21.6 Å². The Kier molecular flexibility index (Phi) is 3.64. The standard InChI is InChI=1S/C21H17BrN2O2/c1-13-4-6-14(7-5-13)17-12-18-16-11-15(22)8-9-19(16)26-21(24(18)23-17)20-3-2-10-25-20/h2-11,18,21H,12H2,1H3. The molecule has 2 aliphatic heterocycles. The van der Waals surface area contributed by atoms with E-state index in [9.17, 15) is 0 Å². The van der Waals surface area contributed by atoms with Crippen LogP contribution < -0.4 is 4.74 Å². The minimum absolute atomic E-state index is 0.127. The number of furan rings is 1. The second kappa shape index (κ2) is 6.02. The summed E-state index contributed by atoms with van der Waals surface area (Å²) in [5, 5.41) is 6.96. The van der Waals surface area contributed by atoms with E-state index in [0.717, 1.165) is 39.2 Å². The van der Waals surface area contributed by atoms with Crippen LogP contribution in [-0.2, 0) is 0 Å². The van der Waals surface area contributed by atoms with E-state index in [-0.39, 0.29) is 12.3 Å². The Balaban J connectivity index is 1.60. The van der Waals surface area contributed by atoms with Gasteiger partial charge in [0.2, 0.25) is 6.23 Å². The number of hydrogen-bond donors (Lipinski definition) is 0. The zero-order valence-electron chi connectivity index (χ0n) is 14.2. The lowest BCUT2D eigenvalue weighted by molar-refractivity contribution is -0.0325. The number of benzene rings is 2. The van der Waals surface area contributed by atoms with Crippen molar-refractivity contribution in [3.63, 3.8) is 0 Å².